The zero-order chi connectivity index (χ0) is 12.5. The summed E-state index contributed by atoms with van der Waals surface area (Å²) in [6.07, 6.45) is 2.35. The van der Waals surface area contributed by atoms with Gasteiger partial charge in [0.1, 0.15) is 0 Å². The maximum absolute atomic E-state index is 11.0. The van der Waals surface area contributed by atoms with Gasteiger partial charge in [-0.15, -0.1) is 0 Å². The smallest absolute Gasteiger partial charge is 0.305 e. The van der Waals surface area contributed by atoms with Crippen LogP contribution in [-0.2, 0) is 9.53 Å². The molecule has 3 heteroatoms. The number of hydrogen-bond acceptors (Lipinski definition) is 3. The Bertz CT molecular complexity index is 324. The van der Waals surface area contributed by atoms with Gasteiger partial charge in [-0.1, -0.05) is 25.1 Å². The van der Waals surface area contributed by atoms with Gasteiger partial charge in [-0.2, -0.15) is 0 Å². The molecule has 1 aromatic rings. The van der Waals surface area contributed by atoms with Crippen LogP contribution in [0.15, 0.2) is 30.3 Å². The van der Waals surface area contributed by atoms with E-state index in [0.717, 1.165) is 25.1 Å². The molecule has 0 fully saturated rings. The van der Waals surface area contributed by atoms with Crippen LogP contribution in [0.1, 0.15) is 33.1 Å². The number of nitrogens with one attached hydrogen (secondary N) is 1. The van der Waals surface area contributed by atoms with E-state index in [1.165, 1.54) is 0 Å². The van der Waals surface area contributed by atoms with E-state index in [1.807, 2.05) is 44.2 Å². The van der Waals surface area contributed by atoms with Crippen LogP contribution >= 0.6 is 0 Å². The van der Waals surface area contributed by atoms with Gasteiger partial charge >= 0.3 is 5.97 Å². The molecule has 0 amide bonds. The van der Waals surface area contributed by atoms with Crippen molar-refractivity contribution in [2.24, 2.45) is 0 Å². The van der Waals surface area contributed by atoms with E-state index >= 15 is 0 Å². The zero-order valence-corrected chi connectivity index (χ0v) is 10.6. The first-order valence-corrected chi connectivity index (χ1v) is 6.20. The van der Waals surface area contributed by atoms with Crippen molar-refractivity contribution >= 4 is 11.7 Å². The largest absolute Gasteiger partial charge is 0.463 e. The fourth-order valence-electron chi connectivity index (χ4n) is 1.54. The Hall–Kier alpha value is -1.51. The molecule has 1 N–H and O–H groups in total. The average molecular weight is 235 g/mol. The molecule has 17 heavy (non-hydrogen) atoms. The number of anilines is 1. The quantitative estimate of drug-likeness (QED) is 0.582. The lowest BCUT2D eigenvalue weighted by Crippen LogP contribution is -2.15. The normalized spacial score (nSPS) is 11.9. The number of benzene rings is 1. The van der Waals surface area contributed by atoms with Crippen molar-refractivity contribution in [1.82, 2.24) is 0 Å². The molecule has 1 unspecified atom stereocenters. The standard InChI is InChI=1S/C14H21NO2/c1-3-14(16)17-12(2)8-7-11-15-13-9-5-4-6-10-13/h4-6,9-10,12,15H,3,7-8,11H2,1-2H3. The molecule has 0 aromatic heterocycles. The van der Waals surface area contributed by atoms with Gasteiger partial charge < -0.3 is 10.1 Å². The van der Waals surface area contributed by atoms with Crippen molar-refractivity contribution in [3.63, 3.8) is 0 Å². The molecule has 0 saturated heterocycles. The number of ether oxygens (including phenoxy) is 1. The highest BCUT2D eigenvalue weighted by molar-refractivity contribution is 5.69. The maximum Gasteiger partial charge on any atom is 0.305 e. The molecule has 0 radical (unpaired) electrons. The summed E-state index contributed by atoms with van der Waals surface area (Å²) in [5.74, 6) is -0.117. The van der Waals surface area contributed by atoms with E-state index < -0.39 is 0 Å². The Balaban J connectivity index is 2.10. The summed E-state index contributed by atoms with van der Waals surface area (Å²) in [5, 5.41) is 3.33. The molecule has 1 atom stereocenters. The van der Waals surface area contributed by atoms with E-state index in [0.29, 0.717) is 6.42 Å². The SMILES string of the molecule is CCC(=O)OC(C)CCCNc1ccccc1. The molecule has 1 aromatic carbocycles. The van der Waals surface area contributed by atoms with Crippen LogP contribution < -0.4 is 5.32 Å². The van der Waals surface area contributed by atoms with Crippen molar-refractivity contribution < 1.29 is 9.53 Å². The summed E-state index contributed by atoms with van der Waals surface area (Å²) in [7, 11) is 0. The Morgan fingerprint density at radius 1 is 1.35 bits per heavy atom. The fourth-order valence-corrected chi connectivity index (χ4v) is 1.54. The van der Waals surface area contributed by atoms with Crippen LogP contribution in [0.2, 0.25) is 0 Å². The molecule has 0 heterocycles. The van der Waals surface area contributed by atoms with Gasteiger partial charge in [0.15, 0.2) is 0 Å². The number of carbonyl (C=O) groups is 1. The minimum atomic E-state index is -0.117. The molecule has 0 saturated carbocycles. The van der Waals surface area contributed by atoms with E-state index in [4.69, 9.17) is 4.74 Å². The van der Waals surface area contributed by atoms with Crippen LogP contribution in [0, 0.1) is 0 Å². The average Bonchev–Trinajstić information content (AvgIpc) is 2.36. The number of para-hydroxylation sites is 1. The van der Waals surface area contributed by atoms with Gasteiger partial charge in [-0.25, -0.2) is 0 Å². The van der Waals surface area contributed by atoms with Gasteiger partial charge in [0.2, 0.25) is 0 Å². The first-order valence-electron chi connectivity index (χ1n) is 6.20. The minimum absolute atomic E-state index is 0.0139. The van der Waals surface area contributed by atoms with Gasteiger partial charge in [-0.3, -0.25) is 4.79 Å². The number of carbonyl (C=O) groups excluding carboxylic acids is 1. The van der Waals surface area contributed by atoms with E-state index in [2.05, 4.69) is 5.32 Å². The summed E-state index contributed by atoms with van der Waals surface area (Å²) in [6.45, 7) is 4.65. The molecule has 0 aliphatic heterocycles. The second-order valence-electron chi connectivity index (χ2n) is 4.09. The predicted octanol–water partition coefficient (Wildman–Crippen LogP) is 3.22. The predicted molar refractivity (Wildman–Crippen MR) is 70.0 cm³/mol. The van der Waals surface area contributed by atoms with E-state index in [-0.39, 0.29) is 12.1 Å². The lowest BCUT2D eigenvalue weighted by atomic mass is 10.2. The van der Waals surface area contributed by atoms with E-state index in [1.54, 1.807) is 0 Å². The summed E-state index contributed by atoms with van der Waals surface area (Å²) in [5.41, 5.74) is 1.13. The monoisotopic (exact) mass is 235 g/mol. The van der Waals surface area contributed by atoms with Crippen molar-refractivity contribution in [3.05, 3.63) is 30.3 Å². The van der Waals surface area contributed by atoms with Gasteiger partial charge in [0, 0.05) is 18.7 Å². The minimum Gasteiger partial charge on any atom is -0.463 e. The third kappa shape index (κ3) is 5.95. The number of rotatable bonds is 7. The lowest BCUT2D eigenvalue weighted by Gasteiger charge is -2.13. The van der Waals surface area contributed by atoms with Gasteiger partial charge in [-0.05, 0) is 31.9 Å². The summed E-state index contributed by atoms with van der Waals surface area (Å²) < 4.78 is 5.19. The highest BCUT2D eigenvalue weighted by Gasteiger charge is 2.06. The Kier molecular flexibility index (Phi) is 6.15. The summed E-state index contributed by atoms with van der Waals surface area (Å²) >= 11 is 0. The number of esters is 1. The fraction of sp³-hybridized carbons (Fsp3) is 0.500. The van der Waals surface area contributed by atoms with Crippen LogP contribution in [0.5, 0.6) is 0 Å². The van der Waals surface area contributed by atoms with Crippen LogP contribution in [0.25, 0.3) is 0 Å². The van der Waals surface area contributed by atoms with Crippen LogP contribution in [0.4, 0.5) is 5.69 Å². The molecule has 0 spiro atoms. The van der Waals surface area contributed by atoms with Crippen molar-refractivity contribution in [1.29, 1.82) is 0 Å². The Morgan fingerprint density at radius 3 is 2.71 bits per heavy atom. The summed E-state index contributed by atoms with van der Waals surface area (Å²) in [4.78, 5) is 11.0. The second-order valence-corrected chi connectivity index (χ2v) is 4.09. The second kappa shape index (κ2) is 7.71. The lowest BCUT2D eigenvalue weighted by molar-refractivity contribution is -0.148. The molecular weight excluding hydrogens is 214 g/mol. The van der Waals surface area contributed by atoms with Crippen molar-refractivity contribution in [2.45, 2.75) is 39.2 Å². The van der Waals surface area contributed by atoms with Crippen LogP contribution in [-0.4, -0.2) is 18.6 Å². The van der Waals surface area contributed by atoms with Crippen molar-refractivity contribution in [2.75, 3.05) is 11.9 Å². The molecule has 94 valence electrons. The topological polar surface area (TPSA) is 38.3 Å². The first-order chi connectivity index (χ1) is 8.22. The molecule has 0 bridgehead atoms. The van der Waals surface area contributed by atoms with Crippen molar-refractivity contribution in [3.8, 4) is 0 Å². The molecular formula is C14H21NO2. The first kappa shape index (κ1) is 13.6. The van der Waals surface area contributed by atoms with Gasteiger partial charge in [0.05, 0.1) is 6.10 Å². The zero-order valence-electron chi connectivity index (χ0n) is 10.6. The molecule has 3 nitrogen and oxygen atoms in total. The Labute approximate surface area is 103 Å². The Morgan fingerprint density at radius 2 is 2.06 bits per heavy atom. The molecule has 0 aliphatic carbocycles. The van der Waals surface area contributed by atoms with E-state index in [9.17, 15) is 4.79 Å². The summed E-state index contributed by atoms with van der Waals surface area (Å²) in [6, 6.07) is 10.1. The van der Waals surface area contributed by atoms with Crippen LogP contribution in [0.3, 0.4) is 0 Å². The third-order valence-electron chi connectivity index (χ3n) is 2.51. The highest BCUT2D eigenvalue weighted by Crippen LogP contribution is 2.07. The highest BCUT2D eigenvalue weighted by atomic mass is 16.5. The number of hydrogen-bond donors (Lipinski definition) is 1. The maximum atomic E-state index is 11.0. The molecule has 1 rings (SSSR count). The third-order valence-corrected chi connectivity index (χ3v) is 2.51. The molecule has 0 aliphatic rings. The van der Waals surface area contributed by atoms with Gasteiger partial charge in [0.25, 0.3) is 0 Å².